The number of aliphatic hydroxyl groups is 1. The van der Waals surface area contributed by atoms with Crippen molar-refractivity contribution < 1.29 is 17.9 Å². The van der Waals surface area contributed by atoms with E-state index < -0.39 is 21.9 Å². The summed E-state index contributed by atoms with van der Waals surface area (Å²) in [5.74, 6) is -0.496. The first kappa shape index (κ1) is 12.1. The van der Waals surface area contributed by atoms with Gasteiger partial charge < -0.3 is 5.11 Å². The summed E-state index contributed by atoms with van der Waals surface area (Å²) in [5.41, 5.74) is 0. The third-order valence-corrected chi connectivity index (χ3v) is 3.13. The van der Waals surface area contributed by atoms with Gasteiger partial charge in [-0.25, -0.2) is 17.5 Å². The molecule has 0 aliphatic rings. The van der Waals surface area contributed by atoms with Gasteiger partial charge in [-0.1, -0.05) is 0 Å². The summed E-state index contributed by atoms with van der Waals surface area (Å²) in [6, 6.07) is 4.47. The number of sulfonamides is 1. The average molecular weight is 233 g/mol. The van der Waals surface area contributed by atoms with Crippen LogP contribution in [0.2, 0.25) is 0 Å². The number of halogens is 1. The number of nitrogens with one attached hydrogen (secondary N) is 1. The van der Waals surface area contributed by atoms with Crippen LogP contribution < -0.4 is 4.72 Å². The van der Waals surface area contributed by atoms with Crippen molar-refractivity contribution in [3.63, 3.8) is 0 Å². The van der Waals surface area contributed by atoms with Crippen molar-refractivity contribution in [3.8, 4) is 0 Å². The van der Waals surface area contributed by atoms with E-state index in [0.29, 0.717) is 0 Å². The van der Waals surface area contributed by atoms with Crippen LogP contribution in [0.5, 0.6) is 0 Å². The van der Waals surface area contributed by atoms with Gasteiger partial charge in [-0.05, 0) is 31.2 Å². The Morgan fingerprint density at radius 2 is 1.93 bits per heavy atom. The van der Waals surface area contributed by atoms with Gasteiger partial charge in [0.05, 0.1) is 11.0 Å². The van der Waals surface area contributed by atoms with Crippen molar-refractivity contribution in [3.05, 3.63) is 30.1 Å². The first-order valence-electron chi connectivity index (χ1n) is 4.35. The highest BCUT2D eigenvalue weighted by Gasteiger charge is 2.13. The molecule has 15 heavy (non-hydrogen) atoms. The molecule has 0 saturated heterocycles. The highest BCUT2D eigenvalue weighted by molar-refractivity contribution is 7.89. The second-order valence-corrected chi connectivity index (χ2v) is 4.92. The van der Waals surface area contributed by atoms with E-state index in [0.717, 1.165) is 12.1 Å². The Hall–Kier alpha value is -0.980. The highest BCUT2D eigenvalue weighted by Crippen LogP contribution is 2.09. The van der Waals surface area contributed by atoms with E-state index in [2.05, 4.69) is 4.72 Å². The Morgan fingerprint density at radius 1 is 1.40 bits per heavy atom. The minimum Gasteiger partial charge on any atom is -0.392 e. The first-order valence-corrected chi connectivity index (χ1v) is 5.83. The smallest absolute Gasteiger partial charge is 0.240 e. The quantitative estimate of drug-likeness (QED) is 0.795. The zero-order chi connectivity index (χ0) is 11.5. The van der Waals surface area contributed by atoms with Crippen molar-refractivity contribution in [1.29, 1.82) is 0 Å². The maximum atomic E-state index is 12.5. The van der Waals surface area contributed by atoms with E-state index in [9.17, 15) is 12.8 Å². The third-order valence-electron chi connectivity index (χ3n) is 1.69. The maximum absolute atomic E-state index is 12.5. The molecule has 0 spiro atoms. The molecule has 0 saturated carbocycles. The minimum atomic E-state index is -3.65. The summed E-state index contributed by atoms with van der Waals surface area (Å²) in [5, 5.41) is 8.92. The van der Waals surface area contributed by atoms with E-state index in [1.54, 1.807) is 0 Å². The van der Waals surface area contributed by atoms with Crippen LogP contribution in [0.25, 0.3) is 0 Å². The first-order chi connectivity index (χ1) is 6.92. The zero-order valence-electron chi connectivity index (χ0n) is 8.14. The van der Waals surface area contributed by atoms with E-state index in [4.69, 9.17) is 5.11 Å². The van der Waals surface area contributed by atoms with Gasteiger partial charge in [0, 0.05) is 6.54 Å². The third kappa shape index (κ3) is 3.58. The van der Waals surface area contributed by atoms with Gasteiger partial charge in [-0.3, -0.25) is 0 Å². The molecule has 0 bridgehead atoms. The van der Waals surface area contributed by atoms with Crippen LogP contribution in [0.1, 0.15) is 6.92 Å². The normalized spacial score (nSPS) is 13.8. The van der Waals surface area contributed by atoms with E-state index in [-0.39, 0.29) is 11.4 Å². The molecule has 6 heteroatoms. The summed E-state index contributed by atoms with van der Waals surface area (Å²) < 4.78 is 37.7. The zero-order valence-corrected chi connectivity index (χ0v) is 8.96. The van der Waals surface area contributed by atoms with Gasteiger partial charge in [0.25, 0.3) is 0 Å². The van der Waals surface area contributed by atoms with Crippen molar-refractivity contribution in [2.45, 2.75) is 17.9 Å². The van der Waals surface area contributed by atoms with Gasteiger partial charge >= 0.3 is 0 Å². The summed E-state index contributed by atoms with van der Waals surface area (Å²) in [6.07, 6.45) is -0.764. The summed E-state index contributed by atoms with van der Waals surface area (Å²) in [7, 11) is -3.65. The fourth-order valence-corrected chi connectivity index (χ4v) is 2.05. The number of hydrogen-bond donors (Lipinski definition) is 2. The lowest BCUT2D eigenvalue weighted by Crippen LogP contribution is -2.30. The Morgan fingerprint density at radius 3 is 2.40 bits per heavy atom. The monoisotopic (exact) mass is 233 g/mol. The van der Waals surface area contributed by atoms with E-state index in [1.807, 2.05) is 0 Å². The molecule has 0 unspecified atom stereocenters. The fraction of sp³-hybridized carbons (Fsp3) is 0.333. The van der Waals surface area contributed by atoms with Crippen molar-refractivity contribution in [2.24, 2.45) is 0 Å². The molecule has 1 rings (SSSR count). The Balaban J connectivity index is 2.82. The fourth-order valence-electron chi connectivity index (χ4n) is 0.927. The average Bonchev–Trinajstić information content (AvgIpc) is 2.16. The molecule has 84 valence electrons. The molecule has 1 atom stereocenters. The van der Waals surface area contributed by atoms with Crippen molar-refractivity contribution in [1.82, 2.24) is 4.72 Å². The molecule has 0 fully saturated rings. The molecular weight excluding hydrogens is 221 g/mol. The van der Waals surface area contributed by atoms with Crippen LogP contribution in [-0.4, -0.2) is 26.2 Å². The summed E-state index contributed by atoms with van der Waals surface area (Å²) in [4.78, 5) is -0.0236. The van der Waals surface area contributed by atoms with Gasteiger partial charge in [-0.15, -0.1) is 0 Å². The van der Waals surface area contributed by atoms with Gasteiger partial charge in [0.2, 0.25) is 10.0 Å². The minimum absolute atomic E-state index is 0.0236. The topological polar surface area (TPSA) is 66.4 Å². The molecule has 4 nitrogen and oxygen atoms in total. The number of rotatable bonds is 4. The molecule has 0 amide bonds. The van der Waals surface area contributed by atoms with Gasteiger partial charge in [0.1, 0.15) is 5.82 Å². The summed E-state index contributed by atoms with van der Waals surface area (Å²) in [6.45, 7) is 1.40. The number of hydrogen-bond acceptors (Lipinski definition) is 3. The maximum Gasteiger partial charge on any atom is 0.240 e. The van der Waals surface area contributed by atoms with Crippen molar-refractivity contribution in [2.75, 3.05) is 6.54 Å². The van der Waals surface area contributed by atoms with Gasteiger partial charge in [0.15, 0.2) is 0 Å². The number of benzene rings is 1. The molecule has 0 heterocycles. The molecule has 1 aromatic carbocycles. The molecule has 0 aliphatic heterocycles. The highest BCUT2D eigenvalue weighted by atomic mass is 32.2. The SMILES string of the molecule is C[C@H](O)CNS(=O)(=O)c1ccc(F)cc1. The number of aliphatic hydroxyl groups excluding tert-OH is 1. The lowest BCUT2D eigenvalue weighted by molar-refractivity contribution is 0.198. The molecule has 0 aliphatic carbocycles. The largest absolute Gasteiger partial charge is 0.392 e. The van der Waals surface area contributed by atoms with Crippen LogP contribution in [-0.2, 0) is 10.0 Å². The van der Waals surface area contributed by atoms with Crippen LogP contribution in [0.3, 0.4) is 0 Å². The molecule has 1 aromatic rings. The van der Waals surface area contributed by atoms with Crippen LogP contribution in [0, 0.1) is 5.82 Å². The van der Waals surface area contributed by atoms with Crippen LogP contribution in [0.4, 0.5) is 4.39 Å². The van der Waals surface area contributed by atoms with Crippen molar-refractivity contribution >= 4 is 10.0 Å². The Labute approximate surface area is 87.8 Å². The molecular formula is C9H12FNO3S. The van der Waals surface area contributed by atoms with Crippen LogP contribution in [0.15, 0.2) is 29.2 Å². The van der Waals surface area contributed by atoms with Gasteiger partial charge in [-0.2, -0.15) is 0 Å². The molecule has 0 aromatic heterocycles. The Bertz CT molecular complexity index is 413. The summed E-state index contributed by atoms with van der Waals surface area (Å²) >= 11 is 0. The second-order valence-electron chi connectivity index (χ2n) is 3.15. The molecule has 0 radical (unpaired) electrons. The molecule has 2 N–H and O–H groups in total. The standard InChI is InChI=1S/C9H12FNO3S/c1-7(12)6-11-15(13,14)9-4-2-8(10)3-5-9/h2-5,7,11-12H,6H2,1H3/t7-/m0/s1. The predicted molar refractivity (Wildman–Crippen MR) is 53.3 cm³/mol. The lowest BCUT2D eigenvalue weighted by atomic mass is 10.4. The van der Waals surface area contributed by atoms with E-state index in [1.165, 1.54) is 19.1 Å². The van der Waals surface area contributed by atoms with Crippen LogP contribution >= 0.6 is 0 Å². The Kier molecular flexibility index (Phi) is 3.78. The predicted octanol–water partition coefficient (Wildman–Crippen LogP) is 0.485. The van der Waals surface area contributed by atoms with E-state index >= 15 is 0 Å². The lowest BCUT2D eigenvalue weighted by Gasteiger charge is -2.07. The second kappa shape index (κ2) is 4.69.